The third-order valence-electron chi connectivity index (χ3n) is 5.08. The zero-order valence-corrected chi connectivity index (χ0v) is 16.8. The molecule has 7 nitrogen and oxygen atoms in total. The molecule has 3 aromatic carbocycles. The average molecular weight is 418 g/mol. The van der Waals surface area contributed by atoms with Crippen LogP contribution in [0.3, 0.4) is 0 Å². The monoisotopic (exact) mass is 418 g/mol. The lowest BCUT2D eigenvalue weighted by Gasteiger charge is -2.37. The van der Waals surface area contributed by atoms with Gasteiger partial charge < -0.3 is 16.2 Å². The molecule has 0 radical (unpaired) electrons. The van der Waals surface area contributed by atoms with Gasteiger partial charge in [0, 0.05) is 23.4 Å². The minimum absolute atomic E-state index is 0.245. The van der Waals surface area contributed by atoms with Gasteiger partial charge in [0.05, 0.1) is 0 Å². The Kier molecular flexibility index (Phi) is 6.92. The lowest BCUT2D eigenvalue weighted by atomic mass is 9.99. The molecule has 3 rings (SSSR count). The van der Waals surface area contributed by atoms with Crippen LogP contribution in [0.2, 0.25) is 0 Å². The summed E-state index contributed by atoms with van der Waals surface area (Å²) in [6.45, 7) is -0.760. The van der Waals surface area contributed by atoms with E-state index >= 15 is 0 Å². The molecule has 0 aliphatic rings. The highest BCUT2D eigenvalue weighted by molar-refractivity contribution is 6.14. The molecule has 2 atom stereocenters. The molecule has 0 heterocycles. The second kappa shape index (κ2) is 9.80. The number of carboxylic acid groups (broad SMARTS) is 1. The standard InChI is InChI=1S/C24H23N3O4/c25-16-21(28)27(20-14-8-3-9-15-20,22(29)17-26-19-12-6-2-7-13-19)23(24(30)31)18-10-4-1-5-11-18/h1-15,23,26H,16-17,25H2/p+1/t23-,27?/m0/s1. The second-order valence-electron chi connectivity index (χ2n) is 6.92. The Morgan fingerprint density at radius 2 is 1.32 bits per heavy atom. The summed E-state index contributed by atoms with van der Waals surface area (Å²) >= 11 is 0. The number of carbonyl (C=O) groups excluding carboxylic acids is 2. The average Bonchev–Trinajstić information content (AvgIpc) is 2.82. The first-order valence-electron chi connectivity index (χ1n) is 9.79. The Morgan fingerprint density at radius 1 is 0.806 bits per heavy atom. The molecule has 0 aliphatic carbocycles. The molecular formula is C24H24N3O4+. The van der Waals surface area contributed by atoms with E-state index in [0.29, 0.717) is 11.3 Å². The fraction of sp³-hybridized carbons (Fsp3) is 0.125. The smallest absolute Gasteiger partial charge is 0.369 e. The van der Waals surface area contributed by atoms with E-state index in [2.05, 4.69) is 5.32 Å². The van der Waals surface area contributed by atoms with Crippen molar-refractivity contribution >= 4 is 29.2 Å². The summed E-state index contributed by atoms with van der Waals surface area (Å²) in [5.74, 6) is -2.63. The normalized spacial score (nSPS) is 13.6. The van der Waals surface area contributed by atoms with Gasteiger partial charge in [0.2, 0.25) is 6.04 Å². The van der Waals surface area contributed by atoms with Gasteiger partial charge in [-0.25, -0.2) is 14.4 Å². The number of carboxylic acids is 1. The van der Waals surface area contributed by atoms with Crippen molar-refractivity contribution in [1.29, 1.82) is 0 Å². The lowest BCUT2D eigenvalue weighted by Crippen LogP contribution is -2.65. The molecule has 158 valence electrons. The number of aliphatic carboxylic acids is 1. The Morgan fingerprint density at radius 3 is 1.84 bits per heavy atom. The Labute approximate surface area is 180 Å². The van der Waals surface area contributed by atoms with Crippen LogP contribution in [0.15, 0.2) is 91.0 Å². The number of quaternary nitrogens is 1. The molecular weight excluding hydrogens is 394 g/mol. The molecule has 0 saturated heterocycles. The van der Waals surface area contributed by atoms with Crippen LogP contribution in [0.4, 0.5) is 11.4 Å². The molecule has 2 amide bonds. The highest BCUT2D eigenvalue weighted by atomic mass is 16.4. The molecule has 0 saturated carbocycles. The minimum atomic E-state index is -1.50. The number of nitrogens with two attached hydrogens (primary N) is 1. The van der Waals surface area contributed by atoms with Gasteiger partial charge in [-0.3, -0.25) is 0 Å². The van der Waals surface area contributed by atoms with Crippen LogP contribution in [-0.2, 0) is 14.4 Å². The van der Waals surface area contributed by atoms with Gasteiger partial charge in [0.25, 0.3) is 0 Å². The van der Waals surface area contributed by atoms with Crippen molar-refractivity contribution in [2.75, 3.05) is 18.4 Å². The highest BCUT2D eigenvalue weighted by Gasteiger charge is 2.56. The summed E-state index contributed by atoms with van der Waals surface area (Å²) in [5.41, 5.74) is 6.97. The maximum atomic E-state index is 13.7. The van der Waals surface area contributed by atoms with Crippen molar-refractivity contribution in [3.05, 3.63) is 96.6 Å². The van der Waals surface area contributed by atoms with Gasteiger partial charge in [0.15, 0.2) is 0 Å². The van der Waals surface area contributed by atoms with Crippen molar-refractivity contribution < 1.29 is 19.5 Å². The molecule has 7 heteroatoms. The highest BCUT2D eigenvalue weighted by Crippen LogP contribution is 2.37. The van der Waals surface area contributed by atoms with Crippen molar-refractivity contribution in [1.82, 2.24) is 4.48 Å². The number of amides is 2. The number of nitrogens with one attached hydrogen (secondary N) is 1. The Bertz CT molecular complexity index is 1040. The summed E-state index contributed by atoms with van der Waals surface area (Å²) in [6.07, 6.45) is 0. The number of carbonyl (C=O) groups is 3. The van der Waals surface area contributed by atoms with Crippen LogP contribution >= 0.6 is 0 Å². The Hall–Kier alpha value is -3.81. The number of hydrogen-bond acceptors (Lipinski definition) is 5. The summed E-state index contributed by atoms with van der Waals surface area (Å²) in [4.78, 5) is 39.6. The van der Waals surface area contributed by atoms with E-state index in [1.165, 1.54) is 0 Å². The van der Waals surface area contributed by atoms with E-state index in [4.69, 9.17) is 5.73 Å². The first-order chi connectivity index (χ1) is 15.0. The number of hydrogen-bond donors (Lipinski definition) is 3. The number of nitrogens with zero attached hydrogens (tertiary/aromatic N) is 1. The van der Waals surface area contributed by atoms with Crippen molar-refractivity contribution in [3.8, 4) is 0 Å². The molecule has 31 heavy (non-hydrogen) atoms. The molecule has 0 aliphatic heterocycles. The fourth-order valence-electron chi connectivity index (χ4n) is 3.70. The van der Waals surface area contributed by atoms with Gasteiger partial charge in [-0.05, 0) is 12.1 Å². The molecule has 0 spiro atoms. The van der Waals surface area contributed by atoms with Gasteiger partial charge in [-0.15, -0.1) is 4.48 Å². The van der Waals surface area contributed by atoms with Gasteiger partial charge >= 0.3 is 17.8 Å². The summed E-state index contributed by atoms with van der Waals surface area (Å²) in [5, 5.41) is 13.2. The maximum Gasteiger partial charge on any atom is 0.369 e. The molecule has 0 aromatic heterocycles. The minimum Gasteiger partial charge on any atom is -0.477 e. The van der Waals surface area contributed by atoms with Crippen molar-refractivity contribution in [2.45, 2.75) is 6.04 Å². The van der Waals surface area contributed by atoms with E-state index in [1.54, 1.807) is 84.9 Å². The summed E-state index contributed by atoms with van der Waals surface area (Å²) < 4.78 is -1.06. The third-order valence-corrected chi connectivity index (χ3v) is 5.08. The predicted molar refractivity (Wildman–Crippen MR) is 119 cm³/mol. The van der Waals surface area contributed by atoms with Crippen LogP contribution in [0.25, 0.3) is 0 Å². The largest absolute Gasteiger partial charge is 0.477 e. The first-order valence-corrected chi connectivity index (χ1v) is 9.79. The zero-order chi connectivity index (χ0) is 22.3. The van der Waals surface area contributed by atoms with Crippen LogP contribution in [0.1, 0.15) is 11.6 Å². The zero-order valence-electron chi connectivity index (χ0n) is 16.8. The topological polar surface area (TPSA) is 109 Å². The van der Waals surface area contributed by atoms with Crippen LogP contribution in [0, 0.1) is 0 Å². The van der Waals surface area contributed by atoms with E-state index in [9.17, 15) is 19.5 Å². The van der Waals surface area contributed by atoms with Crippen molar-refractivity contribution in [3.63, 3.8) is 0 Å². The third kappa shape index (κ3) is 4.37. The fourth-order valence-corrected chi connectivity index (χ4v) is 3.70. The van der Waals surface area contributed by atoms with Crippen molar-refractivity contribution in [2.24, 2.45) is 5.73 Å². The van der Waals surface area contributed by atoms with E-state index in [0.717, 1.165) is 0 Å². The maximum absolute atomic E-state index is 13.7. The molecule has 0 fully saturated rings. The lowest BCUT2D eigenvalue weighted by molar-refractivity contribution is -0.156. The predicted octanol–water partition coefficient (Wildman–Crippen LogP) is 2.94. The van der Waals surface area contributed by atoms with Gasteiger partial charge in [-0.1, -0.05) is 66.7 Å². The van der Waals surface area contributed by atoms with Crippen LogP contribution in [0.5, 0.6) is 0 Å². The molecule has 3 aromatic rings. The van der Waals surface area contributed by atoms with Gasteiger partial charge in [0.1, 0.15) is 18.8 Å². The molecule has 4 N–H and O–H groups in total. The van der Waals surface area contributed by atoms with Gasteiger partial charge in [-0.2, -0.15) is 0 Å². The van der Waals surface area contributed by atoms with E-state index in [1.807, 2.05) is 6.07 Å². The SMILES string of the molecule is NCC(=O)[N+](C(=O)CNc1ccccc1)(c1ccccc1)[C@H](C(=O)O)c1ccccc1. The van der Waals surface area contributed by atoms with E-state index in [-0.39, 0.29) is 12.2 Å². The number of benzene rings is 3. The van der Waals surface area contributed by atoms with Crippen LogP contribution < -0.4 is 15.5 Å². The number of imide groups is 1. The first kappa shape index (κ1) is 21.9. The molecule has 0 bridgehead atoms. The quantitative estimate of drug-likeness (QED) is 0.485. The molecule has 1 unspecified atom stereocenters. The van der Waals surface area contributed by atoms with E-state index < -0.39 is 34.9 Å². The second-order valence-corrected chi connectivity index (χ2v) is 6.92. The number of anilines is 1. The number of para-hydroxylation sites is 2. The van der Waals surface area contributed by atoms with Crippen LogP contribution in [-0.4, -0.2) is 36.0 Å². The number of rotatable bonds is 8. The Balaban J connectivity index is 2.19. The summed E-state index contributed by atoms with van der Waals surface area (Å²) in [7, 11) is 0. The summed E-state index contributed by atoms with van der Waals surface area (Å²) in [6, 6.07) is 24.0.